The average Bonchev–Trinajstić information content (AvgIpc) is 2.58. The van der Waals surface area contributed by atoms with Crippen molar-refractivity contribution in [3.63, 3.8) is 0 Å². The molecular weight excluding hydrogens is 230 g/mol. The molecule has 0 fully saturated rings. The molecule has 0 saturated heterocycles. The number of rotatable bonds is 3. The van der Waals surface area contributed by atoms with Gasteiger partial charge in [-0.15, -0.1) is 0 Å². The van der Waals surface area contributed by atoms with Crippen molar-refractivity contribution in [2.45, 2.75) is 12.2 Å². The smallest absolute Gasteiger partial charge is 0.250 e. The molecule has 1 unspecified atom stereocenters. The first-order chi connectivity index (χ1) is 7.42. The summed E-state index contributed by atoms with van der Waals surface area (Å²) in [6, 6.07) is 3.41. The highest BCUT2D eigenvalue weighted by atomic mass is 32.2. The molecule has 0 aliphatic carbocycles. The Balaban J connectivity index is 3.12. The van der Waals surface area contributed by atoms with Crippen molar-refractivity contribution in [1.82, 2.24) is 9.78 Å². The summed E-state index contributed by atoms with van der Waals surface area (Å²) in [4.78, 5) is 0. The van der Waals surface area contributed by atoms with Crippen LogP contribution in [0.1, 0.15) is 12.5 Å². The number of anilines is 1. The summed E-state index contributed by atoms with van der Waals surface area (Å²) in [7, 11) is -2.32. The Morgan fingerprint density at radius 3 is 2.69 bits per heavy atom. The summed E-state index contributed by atoms with van der Waals surface area (Å²) < 4.78 is 26.5. The lowest BCUT2D eigenvalue weighted by Gasteiger charge is -2.09. The van der Waals surface area contributed by atoms with Crippen molar-refractivity contribution in [3.05, 3.63) is 11.8 Å². The number of aromatic nitrogens is 2. The van der Waals surface area contributed by atoms with Crippen LogP contribution >= 0.6 is 0 Å². The molecule has 0 saturated carbocycles. The van der Waals surface area contributed by atoms with E-state index < -0.39 is 15.3 Å². The Morgan fingerprint density at radius 2 is 2.19 bits per heavy atom. The maximum Gasteiger partial charge on any atom is 0.250 e. The molecule has 1 heterocycles. The van der Waals surface area contributed by atoms with Crippen molar-refractivity contribution in [3.8, 4) is 12.1 Å². The van der Waals surface area contributed by atoms with Crippen molar-refractivity contribution in [1.29, 1.82) is 10.5 Å². The summed E-state index contributed by atoms with van der Waals surface area (Å²) in [5.74, 6) is 0.0598. The van der Waals surface area contributed by atoms with Gasteiger partial charge in [-0.2, -0.15) is 15.6 Å². The second kappa shape index (κ2) is 4.21. The van der Waals surface area contributed by atoms with Gasteiger partial charge in [-0.3, -0.25) is 9.40 Å². The van der Waals surface area contributed by atoms with Gasteiger partial charge in [0.2, 0.25) is 10.0 Å². The molecule has 7 nitrogen and oxygen atoms in total. The maximum atomic E-state index is 11.6. The molecule has 16 heavy (non-hydrogen) atoms. The zero-order valence-corrected chi connectivity index (χ0v) is 9.48. The first kappa shape index (κ1) is 12.0. The van der Waals surface area contributed by atoms with Crippen molar-refractivity contribution >= 4 is 15.8 Å². The van der Waals surface area contributed by atoms with Crippen LogP contribution in [0.15, 0.2) is 6.20 Å². The van der Waals surface area contributed by atoms with E-state index in [0.717, 1.165) is 0 Å². The first-order valence-electron chi connectivity index (χ1n) is 4.25. The molecule has 0 spiro atoms. The van der Waals surface area contributed by atoms with Crippen LogP contribution in [0.3, 0.4) is 0 Å². The highest BCUT2D eigenvalue weighted by Crippen LogP contribution is 2.15. The SMILES string of the molecule is CC(C#N)S(=O)(=O)Nc1c(C#N)cnn1C. The molecule has 0 aliphatic rings. The van der Waals surface area contributed by atoms with Gasteiger partial charge >= 0.3 is 0 Å². The van der Waals surface area contributed by atoms with Gasteiger partial charge in [0.15, 0.2) is 11.1 Å². The van der Waals surface area contributed by atoms with E-state index >= 15 is 0 Å². The number of hydrogen-bond donors (Lipinski definition) is 1. The lowest BCUT2D eigenvalue weighted by molar-refractivity contribution is 0.596. The molecular formula is C8H9N5O2S. The Kier molecular flexibility index (Phi) is 3.16. The summed E-state index contributed by atoms with van der Waals surface area (Å²) >= 11 is 0. The van der Waals surface area contributed by atoms with Gasteiger partial charge in [-0.25, -0.2) is 8.42 Å². The van der Waals surface area contributed by atoms with Crippen LogP contribution in [0.5, 0.6) is 0 Å². The third kappa shape index (κ3) is 2.12. The fourth-order valence-corrected chi connectivity index (χ4v) is 1.76. The normalized spacial score (nSPS) is 12.5. The summed E-state index contributed by atoms with van der Waals surface area (Å²) in [5, 5.41) is 19.8. The molecule has 1 rings (SSSR count). The van der Waals surface area contributed by atoms with E-state index in [2.05, 4.69) is 9.82 Å². The Morgan fingerprint density at radius 1 is 1.56 bits per heavy atom. The fourth-order valence-electron chi connectivity index (χ4n) is 0.933. The van der Waals surface area contributed by atoms with Gasteiger partial charge in [0.1, 0.15) is 11.6 Å². The minimum absolute atomic E-state index is 0.0598. The third-order valence-electron chi connectivity index (χ3n) is 1.95. The number of nitrogens with one attached hydrogen (secondary N) is 1. The number of sulfonamides is 1. The van der Waals surface area contributed by atoms with Gasteiger partial charge in [0.25, 0.3) is 0 Å². The fraction of sp³-hybridized carbons (Fsp3) is 0.375. The van der Waals surface area contributed by atoms with Gasteiger partial charge < -0.3 is 0 Å². The van der Waals surface area contributed by atoms with Crippen LogP contribution in [-0.4, -0.2) is 23.4 Å². The minimum Gasteiger partial charge on any atom is -0.265 e. The van der Waals surface area contributed by atoms with E-state index in [1.165, 1.54) is 24.9 Å². The zero-order valence-electron chi connectivity index (χ0n) is 8.67. The van der Waals surface area contributed by atoms with Crippen LogP contribution in [0.4, 0.5) is 5.82 Å². The second-order valence-corrected chi connectivity index (χ2v) is 5.06. The second-order valence-electron chi connectivity index (χ2n) is 3.06. The van der Waals surface area contributed by atoms with Gasteiger partial charge in [0, 0.05) is 7.05 Å². The van der Waals surface area contributed by atoms with Crippen LogP contribution in [0, 0.1) is 22.7 Å². The monoisotopic (exact) mass is 239 g/mol. The minimum atomic E-state index is -3.81. The molecule has 0 bridgehead atoms. The predicted molar refractivity (Wildman–Crippen MR) is 55.5 cm³/mol. The zero-order chi connectivity index (χ0) is 12.3. The van der Waals surface area contributed by atoms with E-state index in [1.54, 1.807) is 12.1 Å². The van der Waals surface area contributed by atoms with Crippen LogP contribution in [-0.2, 0) is 17.1 Å². The Bertz CT molecular complexity index is 575. The van der Waals surface area contributed by atoms with Crippen molar-refractivity contribution in [2.24, 2.45) is 7.05 Å². The lowest BCUT2D eigenvalue weighted by Crippen LogP contribution is -2.25. The largest absolute Gasteiger partial charge is 0.265 e. The van der Waals surface area contributed by atoms with E-state index in [9.17, 15) is 8.42 Å². The van der Waals surface area contributed by atoms with Crippen molar-refractivity contribution < 1.29 is 8.42 Å². The van der Waals surface area contributed by atoms with Gasteiger partial charge in [0.05, 0.1) is 12.3 Å². The summed E-state index contributed by atoms with van der Waals surface area (Å²) in [6.07, 6.45) is 1.24. The number of nitrogens with zero attached hydrogens (tertiary/aromatic N) is 4. The molecule has 0 radical (unpaired) electrons. The number of nitriles is 2. The molecule has 1 aromatic rings. The highest BCUT2D eigenvalue weighted by molar-refractivity contribution is 7.93. The number of hydrogen-bond acceptors (Lipinski definition) is 5. The van der Waals surface area contributed by atoms with Crippen LogP contribution < -0.4 is 4.72 Å². The molecule has 1 aromatic heterocycles. The molecule has 0 aliphatic heterocycles. The quantitative estimate of drug-likeness (QED) is 0.794. The topological polar surface area (TPSA) is 112 Å². The number of aryl methyl sites for hydroxylation is 1. The Labute approximate surface area is 93.0 Å². The Hall–Kier alpha value is -2.06. The predicted octanol–water partition coefficient (Wildman–Crippen LogP) is -0.0544. The molecule has 0 aromatic carbocycles. The standard InChI is InChI=1S/C8H9N5O2S/c1-6(3-9)16(14,15)12-8-7(4-10)5-11-13(8)2/h5-6,12H,1-2H3. The molecule has 1 atom stereocenters. The van der Waals surface area contributed by atoms with Crippen LogP contribution in [0.25, 0.3) is 0 Å². The van der Waals surface area contributed by atoms with E-state index in [4.69, 9.17) is 10.5 Å². The van der Waals surface area contributed by atoms with E-state index in [0.29, 0.717) is 0 Å². The van der Waals surface area contributed by atoms with Crippen LogP contribution in [0.2, 0.25) is 0 Å². The van der Waals surface area contributed by atoms with E-state index in [1.807, 2.05) is 0 Å². The van der Waals surface area contributed by atoms with Gasteiger partial charge in [-0.1, -0.05) is 0 Å². The molecule has 1 N–H and O–H groups in total. The van der Waals surface area contributed by atoms with E-state index in [-0.39, 0.29) is 11.4 Å². The van der Waals surface area contributed by atoms with Gasteiger partial charge in [-0.05, 0) is 6.92 Å². The third-order valence-corrected chi connectivity index (χ3v) is 3.46. The summed E-state index contributed by atoms with van der Waals surface area (Å²) in [5.41, 5.74) is 0.108. The average molecular weight is 239 g/mol. The first-order valence-corrected chi connectivity index (χ1v) is 5.80. The summed E-state index contributed by atoms with van der Waals surface area (Å²) in [6.45, 7) is 1.25. The molecule has 0 amide bonds. The molecule has 8 heteroatoms. The maximum absolute atomic E-state index is 11.6. The van der Waals surface area contributed by atoms with Crippen molar-refractivity contribution in [2.75, 3.05) is 4.72 Å². The highest BCUT2D eigenvalue weighted by Gasteiger charge is 2.23. The molecule has 84 valence electrons. The lowest BCUT2D eigenvalue weighted by atomic mass is 10.4.